The number of thioether (sulfide) groups is 1. The summed E-state index contributed by atoms with van der Waals surface area (Å²) in [7, 11) is -2.26. The summed E-state index contributed by atoms with van der Waals surface area (Å²) in [4.78, 5) is 26.7. The van der Waals surface area contributed by atoms with Crippen LogP contribution in [0.2, 0.25) is 0 Å². The zero-order valence-corrected chi connectivity index (χ0v) is 23.7. The van der Waals surface area contributed by atoms with Crippen molar-refractivity contribution in [2.24, 2.45) is 5.92 Å². The van der Waals surface area contributed by atoms with Crippen LogP contribution in [0.4, 0.5) is 5.00 Å². The van der Waals surface area contributed by atoms with Crippen LogP contribution in [-0.4, -0.2) is 47.9 Å². The van der Waals surface area contributed by atoms with Crippen LogP contribution in [-0.2, 0) is 44.5 Å². The first-order valence-corrected chi connectivity index (χ1v) is 15.4. The average Bonchev–Trinajstić information content (AvgIpc) is 3.41. The fraction of sp³-hybridized carbons (Fsp3) is 0.440. The van der Waals surface area contributed by atoms with E-state index in [1.807, 2.05) is 13.8 Å². The number of nitrogens with one attached hydrogen (secondary N) is 1. The molecule has 1 aliphatic rings. The van der Waals surface area contributed by atoms with Gasteiger partial charge in [0.2, 0.25) is 5.91 Å². The summed E-state index contributed by atoms with van der Waals surface area (Å²) < 4.78 is 32.5. The Balaban J connectivity index is 1.46. The number of ether oxygens (including phenoxy) is 1. The van der Waals surface area contributed by atoms with E-state index in [1.165, 1.54) is 30.2 Å². The molecule has 2 aromatic heterocycles. The number of carbonyl (C=O) groups excluding carboxylic acids is 2. The van der Waals surface area contributed by atoms with Crippen LogP contribution < -0.4 is 5.32 Å². The highest BCUT2D eigenvalue weighted by molar-refractivity contribution is 7.99. The summed E-state index contributed by atoms with van der Waals surface area (Å²) in [6.45, 7) is 6.40. The summed E-state index contributed by atoms with van der Waals surface area (Å²) in [5.74, 6) is -0.145. The number of amides is 1. The Morgan fingerprint density at radius 2 is 1.97 bits per heavy atom. The van der Waals surface area contributed by atoms with Crippen molar-refractivity contribution in [3.63, 3.8) is 0 Å². The number of aromatic nitrogens is 3. The van der Waals surface area contributed by atoms with E-state index in [1.54, 1.807) is 28.8 Å². The van der Waals surface area contributed by atoms with Gasteiger partial charge in [0.1, 0.15) is 16.6 Å². The van der Waals surface area contributed by atoms with Crippen molar-refractivity contribution in [2.45, 2.75) is 62.4 Å². The number of thiophene rings is 1. The molecule has 0 aliphatic heterocycles. The Bertz CT molecular complexity index is 1410. The molecule has 1 aliphatic carbocycles. The predicted octanol–water partition coefficient (Wildman–Crippen LogP) is 4.28. The molecule has 4 rings (SSSR count). The molecule has 1 atom stereocenters. The van der Waals surface area contributed by atoms with Crippen molar-refractivity contribution < 1.29 is 22.7 Å². The molecule has 12 heteroatoms. The molecule has 1 N–H and O–H groups in total. The standard InChI is InChI=1S/C25H30N4O5S3/c1-5-29-20(14-37(32,33)17-9-6-15(2)7-10-17)27-28-25(29)35-13-21(30)26-23-22(24(31)34-4)18-11-8-16(3)12-19(18)36-23/h6-7,9-10,16H,5,8,11-14H2,1-4H3,(H,26,30). The Morgan fingerprint density at radius 3 is 2.65 bits per heavy atom. The number of nitrogens with zero attached hydrogens (tertiary/aromatic N) is 3. The number of aryl methyl sites for hydroxylation is 1. The molecule has 0 saturated carbocycles. The highest BCUT2D eigenvalue weighted by Gasteiger charge is 2.29. The van der Waals surface area contributed by atoms with Gasteiger partial charge in [-0.05, 0) is 56.7 Å². The Kier molecular flexibility index (Phi) is 8.39. The maximum atomic E-state index is 12.9. The lowest BCUT2D eigenvalue weighted by Gasteiger charge is -2.18. The van der Waals surface area contributed by atoms with Crippen molar-refractivity contribution in [1.29, 1.82) is 0 Å². The summed E-state index contributed by atoms with van der Waals surface area (Å²) in [6.07, 6.45) is 2.66. The van der Waals surface area contributed by atoms with Gasteiger partial charge in [-0.1, -0.05) is 36.4 Å². The van der Waals surface area contributed by atoms with Crippen LogP contribution in [0, 0.1) is 12.8 Å². The number of hydrogen-bond acceptors (Lipinski definition) is 9. The van der Waals surface area contributed by atoms with E-state index in [9.17, 15) is 18.0 Å². The second-order valence-electron chi connectivity index (χ2n) is 9.10. The number of sulfone groups is 1. The van der Waals surface area contributed by atoms with E-state index in [2.05, 4.69) is 22.4 Å². The lowest BCUT2D eigenvalue weighted by Crippen LogP contribution is -2.17. The minimum absolute atomic E-state index is 0.0302. The van der Waals surface area contributed by atoms with Crippen LogP contribution in [0.1, 0.15) is 52.5 Å². The number of benzene rings is 1. The highest BCUT2D eigenvalue weighted by Crippen LogP contribution is 2.40. The largest absolute Gasteiger partial charge is 0.465 e. The van der Waals surface area contributed by atoms with Gasteiger partial charge < -0.3 is 14.6 Å². The first kappa shape index (κ1) is 27.3. The number of anilines is 1. The smallest absolute Gasteiger partial charge is 0.341 e. The summed E-state index contributed by atoms with van der Waals surface area (Å²) in [5.41, 5.74) is 2.40. The summed E-state index contributed by atoms with van der Waals surface area (Å²) in [5, 5.41) is 12.1. The first-order valence-electron chi connectivity index (χ1n) is 12.0. The lowest BCUT2D eigenvalue weighted by molar-refractivity contribution is -0.113. The number of hydrogen-bond donors (Lipinski definition) is 1. The molecule has 3 aromatic rings. The van der Waals surface area contributed by atoms with Crippen molar-refractivity contribution in [1.82, 2.24) is 14.8 Å². The normalized spacial score (nSPS) is 15.3. The summed E-state index contributed by atoms with van der Waals surface area (Å²) in [6, 6.07) is 6.69. The SMILES string of the molecule is CCn1c(CS(=O)(=O)c2ccc(C)cc2)nnc1SCC(=O)Nc1sc2c(c1C(=O)OC)CCC(C)C2. The maximum absolute atomic E-state index is 12.9. The molecule has 0 fully saturated rings. The molecule has 2 heterocycles. The van der Waals surface area contributed by atoms with Gasteiger partial charge in [0.15, 0.2) is 15.0 Å². The molecule has 1 aromatic carbocycles. The van der Waals surface area contributed by atoms with Gasteiger partial charge >= 0.3 is 5.97 Å². The maximum Gasteiger partial charge on any atom is 0.341 e. The Labute approximate surface area is 224 Å². The predicted molar refractivity (Wildman–Crippen MR) is 144 cm³/mol. The zero-order chi connectivity index (χ0) is 26.7. The number of esters is 1. The molecular weight excluding hydrogens is 532 g/mol. The average molecular weight is 563 g/mol. The molecule has 0 spiro atoms. The first-order chi connectivity index (χ1) is 17.6. The fourth-order valence-corrected chi connectivity index (χ4v) is 7.81. The van der Waals surface area contributed by atoms with Gasteiger partial charge in [-0.2, -0.15) is 0 Å². The molecule has 37 heavy (non-hydrogen) atoms. The van der Waals surface area contributed by atoms with Crippen LogP contribution in [0.3, 0.4) is 0 Å². The lowest BCUT2D eigenvalue weighted by atomic mass is 9.88. The molecule has 198 valence electrons. The van der Waals surface area contributed by atoms with E-state index in [0.29, 0.717) is 34.0 Å². The number of methoxy groups -OCH3 is 1. The van der Waals surface area contributed by atoms with Crippen molar-refractivity contribution >= 4 is 49.8 Å². The number of carbonyl (C=O) groups is 2. The minimum atomic E-state index is -3.60. The van der Waals surface area contributed by atoms with Crippen LogP contribution in [0.15, 0.2) is 34.3 Å². The van der Waals surface area contributed by atoms with E-state index in [4.69, 9.17) is 4.74 Å². The molecular formula is C25H30N4O5S3. The zero-order valence-electron chi connectivity index (χ0n) is 21.2. The fourth-order valence-electron chi connectivity index (χ4n) is 4.30. The Morgan fingerprint density at radius 1 is 1.24 bits per heavy atom. The molecule has 9 nitrogen and oxygen atoms in total. The molecule has 0 bridgehead atoms. The topological polar surface area (TPSA) is 120 Å². The third kappa shape index (κ3) is 6.07. The van der Waals surface area contributed by atoms with Crippen molar-refractivity contribution in [2.75, 3.05) is 18.2 Å². The Hall–Kier alpha value is -2.70. The van der Waals surface area contributed by atoms with E-state index < -0.39 is 15.8 Å². The minimum Gasteiger partial charge on any atom is -0.465 e. The van der Waals surface area contributed by atoms with E-state index >= 15 is 0 Å². The quantitative estimate of drug-likeness (QED) is 0.303. The van der Waals surface area contributed by atoms with Gasteiger partial charge in [0.25, 0.3) is 0 Å². The summed E-state index contributed by atoms with van der Waals surface area (Å²) >= 11 is 2.60. The number of rotatable bonds is 9. The second kappa shape index (κ2) is 11.4. The van der Waals surface area contributed by atoms with Gasteiger partial charge in [0, 0.05) is 11.4 Å². The van der Waals surface area contributed by atoms with E-state index in [-0.39, 0.29) is 22.3 Å². The monoisotopic (exact) mass is 562 g/mol. The van der Waals surface area contributed by atoms with Crippen molar-refractivity contribution in [3.8, 4) is 0 Å². The molecule has 0 saturated heterocycles. The van der Waals surface area contributed by atoms with Gasteiger partial charge in [-0.3, -0.25) is 4.79 Å². The van der Waals surface area contributed by atoms with Crippen LogP contribution in [0.5, 0.6) is 0 Å². The molecule has 0 radical (unpaired) electrons. The van der Waals surface area contributed by atoms with Gasteiger partial charge in [-0.25, -0.2) is 13.2 Å². The van der Waals surface area contributed by atoms with Crippen molar-refractivity contribution in [3.05, 3.63) is 51.7 Å². The van der Waals surface area contributed by atoms with Gasteiger partial charge in [0.05, 0.1) is 23.3 Å². The molecule has 1 amide bonds. The third-order valence-electron chi connectivity index (χ3n) is 6.30. The van der Waals surface area contributed by atoms with Gasteiger partial charge in [-0.15, -0.1) is 21.5 Å². The van der Waals surface area contributed by atoms with E-state index in [0.717, 1.165) is 35.3 Å². The number of fused-ring (bicyclic) bond motifs is 1. The second-order valence-corrected chi connectivity index (χ2v) is 13.1. The third-order valence-corrected chi connectivity index (χ3v) is 10.1. The molecule has 1 unspecified atom stereocenters. The van der Waals surface area contributed by atoms with Crippen LogP contribution >= 0.6 is 23.1 Å². The highest BCUT2D eigenvalue weighted by atomic mass is 32.2. The van der Waals surface area contributed by atoms with Crippen LogP contribution in [0.25, 0.3) is 0 Å².